The number of alkyl halides is 3. The normalized spacial score (nSPS) is 24.7. The fourth-order valence-corrected chi connectivity index (χ4v) is 5.50. The van der Waals surface area contributed by atoms with Crippen LogP contribution in [0.1, 0.15) is 31.4 Å². The van der Waals surface area contributed by atoms with Crippen LogP contribution in [-0.4, -0.2) is 49.3 Å². The Labute approximate surface area is 181 Å². The first-order valence-electron chi connectivity index (χ1n) is 10.4. The zero-order valence-corrected chi connectivity index (χ0v) is 18.0. The molecule has 1 unspecified atom stereocenters. The van der Waals surface area contributed by atoms with E-state index in [0.29, 0.717) is 35.6 Å². The van der Waals surface area contributed by atoms with Crippen molar-refractivity contribution >= 4 is 22.3 Å². The van der Waals surface area contributed by atoms with Crippen molar-refractivity contribution in [2.24, 2.45) is 17.8 Å². The summed E-state index contributed by atoms with van der Waals surface area (Å²) in [6.45, 7) is 4.79. The van der Waals surface area contributed by atoms with E-state index >= 15 is 0 Å². The maximum absolute atomic E-state index is 12.9. The summed E-state index contributed by atoms with van der Waals surface area (Å²) in [6, 6.07) is 3.12. The molecule has 0 radical (unpaired) electrons. The molecular formula is C20H23F3N6OS. The quantitative estimate of drug-likeness (QED) is 0.585. The summed E-state index contributed by atoms with van der Waals surface area (Å²) in [6.07, 6.45) is -1.62. The van der Waals surface area contributed by atoms with Crippen molar-refractivity contribution < 1.29 is 17.9 Å². The number of hydrogen-bond acceptors (Lipinski definition) is 7. The van der Waals surface area contributed by atoms with Gasteiger partial charge in [-0.25, -0.2) is 14.5 Å². The second-order valence-corrected chi connectivity index (χ2v) is 9.20. The Morgan fingerprint density at radius 1 is 1.23 bits per heavy atom. The molecule has 4 atom stereocenters. The third-order valence-electron chi connectivity index (χ3n) is 6.37. The van der Waals surface area contributed by atoms with Gasteiger partial charge in [0.1, 0.15) is 5.82 Å². The Bertz CT molecular complexity index is 1070. The second kappa shape index (κ2) is 7.61. The number of rotatable bonds is 5. The van der Waals surface area contributed by atoms with Crippen molar-refractivity contribution in [3.05, 3.63) is 30.0 Å². The van der Waals surface area contributed by atoms with Crippen LogP contribution in [0.15, 0.2) is 18.3 Å². The molecule has 2 fully saturated rings. The van der Waals surface area contributed by atoms with Gasteiger partial charge >= 0.3 is 6.18 Å². The van der Waals surface area contributed by atoms with Crippen LogP contribution in [0.3, 0.4) is 0 Å². The predicted molar refractivity (Wildman–Crippen MR) is 109 cm³/mol. The summed E-state index contributed by atoms with van der Waals surface area (Å²) in [5.74, 6) is 3.06. The summed E-state index contributed by atoms with van der Waals surface area (Å²) < 4.78 is 49.7. The number of nitrogens with zero attached hydrogens (tertiary/aromatic N) is 6. The fraction of sp³-hybridized carbons (Fsp3) is 0.600. The number of halogens is 3. The second-order valence-electron chi connectivity index (χ2n) is 8.46. The molecule has 166 valence electrons. The third-order valence-corrected chi connectivity index (χ3v) is 7.24. The van der Waals surface area contributed by atoms with Crippen molar-refractivity contribution in [3.63, 3.8) is 0 Å². The van der Waals surface area contributed by atoms with Gasteiger partial charge in [0.05, 0.1) is 0 Å². The smallest absolute Gasteiger partial charge is 0.425 e. The average Bonchev–Trinajstić information content (AvgIpc) is 3.38. The first-order chi connectivity index (χ1) is 14.8. The molecule has 31 heavy (non-hydrogen) atoms. The molecule has 1 saturated heterocycles. The van der Waals surface area contributed by atoms with Gasteiger partial charge in [-0.2, -0.15) is 22.6 Å². The first-order valence-corrected chi connectivity index (χ1v) is 11.2. The molecule has 1 saturated carbocycles. The highest BCUT2D eigenvalue weighted by Gasteiger charge is 2.43. The monoisotopic (exact) mass is 452 g/mol. The van der Waals surface area contributed by atoms with Crippen LogP contribution < -0.4 is 9.64 Å². The standard InChI is InChI=1S/C20H23F3N6OS/c1-11(20(21,22)23)30-16-4-3-7-29-18(16)25-17(26-29)8-15-13-5-6-14(15)10-28(9-13)19-24-12(2)27-31-19/h3-4,7,11,13-15H,5-6,8-10H2,1-2H3/t11-,13-,14+,15?/m0/s1. The van der Waals surface area contributed by atoms with Gasteiger partial charge in [-0.15, -0.1) is 0 Å². The molecular weight excluding hydrogens is 429 g/mol. The van der Waals surface area contributed by atoms with E-state index in [1.165, 1.54) is 22.1 Å². The Kier molecular flexibility index (Phi) is 5.03. The van der Waals surface area contributed by atoms with Crippen LogP contribution in [0.2, 0.25) is 0 Å². The highest BCUT2D eigenvalue weighted by molar-refractivity contribution is 7.09. The Morgan fingerprint density at radius 2 is 1.97 bits per heavy atom. The fourth-order valence-electron chi connectivity index (χ4n) is 4.81. The predicted octanol–water partition coefficient (Wildman–Crippen LogP) is 3.92. The molecule has 11 heteroatoms. The lowest BCUT2D eigenvalue weighted by Gasteiger charge is -2.37. The minimum absolute atomic E-state index is 0.0931. The van der Waals surface area contributed by atoms with Crippen LogP contribution in [0.5, 0.6) is 5.75 Å². The summed E-state index contributed by atoms with van der Waals surface area (Å²) in [5, 5.41) is 5.51. The van der Waals surface area contributed by atoms with E-state index in [9.17, 15) is 13.2 Å². The summed E-state index contributed by atoms with van der Waals surface area (Å²) >= 11 is 1.45. The zero-order chi connectivity index (χ0) is 21.8. The van der Waals surface area contributed by atoms with E-state index in [1.807, 2.05) is 6.92 Å². The zero-order valence-electron chi connectivity index (χ0n) is 17.2. The van der Waals surface area contributed by atoms with Crippen molar-refractivity contribution in [2.75, 3.05) is 18.0 Å². The van der Waals surface area contributed by atoms with Gasteiger partial charge in [0.2, 0.25) is 5.13 Å². The lowest BCUT2D eigenvalue weighted by molar-refractivity contribution is -0.189. The molecule has 3 aromatic heterocycles. The highest BCUT2D eigenvalue weighted by Crippen LogP contribution is 2.44. The topological polar surface area (TPSA) is 68.4 Å². The van der Waals surface area contributed by atoms with Gasteiger partial charge in [-0.05, 0) is 56.6 Å². The maximum atomic E-state index is 12.9. The van der Waals surface area contributed by atoms with Gasteiger partial charge in [-0.3, -0.25) is 0 Å². The van der Waals surface area contributed by atoms with Crippen LogP contribution in [0.4, 0.5) is 18.3 Å². The minimum atomic E-state index is -4.44. The van der Waals surface area contributed by atoms with Gasteiger partial charge in [0.25, 0.3) is 0 Å². The van der Waals surface area contributed by atoms with Gasteiger partial charge in [0.15, 0.2) is 23.3 Å². The molecule has 3 aromatic rings. The Balaban J connectivity index is 1.33. The van der Waals surface area contributed by atoms with E-state index in [0.717, 1.165) is 43.8 Å². The maximum Gasteiger partial charge on any atom is 0.425 e. The number of ether oxygens (including phenoxy) is 1. The molecule has 1 aliphatic heterocycles. The number of piperidine rings is 1. The molecule has 2 aliphatic rings. The average molecular weight is 453 g/mol. The molecule has 0 N–H and O–H groups in total. The Morgan fingerprint density at radius 3 is 2.61 bits per heavy atom. The summed E-state index contributed by atoms with van der Waals surface area (Å²) in [4.78, 5) is 11.4. The van der Waals surface area contributed by atoms with Crippen molar-refractivity contribution in [1.82, 2.24) is 24.0 Å². The summed E-state index contributed by atoms with van der Waals surface area (Å²) in [5.41, 5.74) is 0.322. The van der Waals surface area contributed by atoms with Crippen molar-refractivity contribution in [2.45, 2.75) is 45.4 Å². The van der Waals surface area contributed by atoms with Gasteiger partial charge < -0.3 is 9.64 Å². The molecule has 0 spiro atoms. The van der Waals surface area contributed by atoms with E-state index in [4.69, 9.17) is 4.74 Å². The highest BCUT2D eigenvalue weighted by atomic mass is 32.1. The first kappa shape index (κ1) is 20.5. The number of aromatic nitrogens is 5. The van der Waals surface area contributed by atoms with E-state index in [-0.39, 0.29) is 5.75 Å². The molecule has 0 amide bonds. The lowest BCUT2D eigenvalue weighted by Crippen LogP contribution is -2.42. The van der Waals surface area contributed by atoms with Crippen LogP contribution in [0, 0.1) is 24.7 Å². The van der Waals surface area contributed by atoms with Crippen molar-refractivity contribution in [1.29, 1.82) is 0 Å². The van der Waals surface area contributed by atoms with Crippen molar-refractivity contribution in [3.8, 4) is 5.75 Å². The van der Waals surface area contributed by atoms with Crippen LogP contribution in [-0.2, 0) is 6.42 Å². The largest absolute Gasteiger partial charge is 0.477 e. The molecule has 7 nitrogen and oxygen atoms in total. The number of anilines is 1. The Hall–Kier alpha value is -2.43. The summed E-state index contributed by atoms with van der Waals surface area (Å²) in [7, 11) is 0. The molecule has 2 bridgehead atoms. The van der Waals surface area contributed by atoms with E-state index in [2.05, 4.69) is 24.3 Å². The number of fused-ring (bicyclic) bond motifs is 3. The van der Waals surface area contributed by atoms with E-state index < -0.39 is 12.3 Å². The van der Waals surface area contributed by atoms with Gasteiger partial charge in [-0.1, -0.05) is 0 Å². The molecule has 5 rings (SSSR count). The number of pyridine rings is 1. The van der Waals surface area contributed by atoms with Crippen LogP contribution >= 0.6 is 11.5 Å². The van der Waals surface area contributed by atoms with Gasteiger partial charge in [0, 0.05) is 37.2 Å². The third kappa shape index (κ3) is 3.95. The number of hydrogen-bond donors (Lipinski definition) is 0. The molecule has 0 aromatic carbocycles. The molecule has 1 aliphatic carbocycles. The lowest BCUT2D eigenvalue weighted by atomic mass is 9.82. The minimum Gasteiger partial charge on any atom is -0.477 e. The number of aryl methyl sites for hydroxylation is 1. The molecule has 4 heterocycles. The van der Waals surface area contributed by atoms with E-state index in [1.54, 1.807) is 12.3 Å². The van der Waals surface area contributed by atoms with Crippen LogP contribution in [0.25, 0.3) is 5.65 Å². The SMILES string of the molecule is Cc1nsc(N2C[C@H]3CC[C@@H](C2)C3Cc2nc3c(O[C@@H](C)C(F)(F)F)cccn3n2)n1.